The highest BCUT2D eigenvalue weighted by atomic mass is 16.3. The van der Waals surface area contributed by atoms with E-state index in [0.29, 0.717) is 0 Å². The molecule has 0 unspecified atom stereocenters. The Bertz CT molecular complexity index is 296. The Labute approximate surface area is 63.1 Å². The molecule has 0 radical (unpaired) electrons. The predicted octanol–water partition coefficient (Wildman–Crippen LogP) is 0.114. The molecule has 0 aliphatic carbocycles. The summed E-state index contributed by atoms with van der Waals surface area (Å²) < 4.78 is 0. The van der Waals surface area contributed by atoms with Crippen LogP contribution in [-0.4, -0.2) is 16.0 Å². The Hall–Kier alpha value is -1.58. The largest absolute Gasteiger partial charge is 0.503 e. The van der Waals surface area contributed by atoms with E-state index < -0.39 is 0 Å². The van der Waals surface area contributed by atoms with Gasteiger partial charge in [0.25, 0.3) is 0 Å². The van der Waals surface area contributed by atoms with E-state index >= 15 is 0 Å². The van der Waals surface area contributed by atoms with Gasteiger partial charge in [0.15, 0.2) is 17.7 Å². The number of aromatic amines is 1. The number of aromatic nitrogens is 1. The number of rotatable bonds is 1. The van der Waals surface area contributed by atoms with Gasteiger partial charge in [-0.25, -0.2) is 4.98 Å². The van der Waals surface area contributed by atoms with Crippen molar-refractivity contribution in [1.29, 1.82) is 0 Å². The maximum absolute atomic E-state index is 10.7. The monoisotopic (exact) mass is 154 g/mol. The Morgan fingerprint density at radius 1 is 1.45 bits per heavy atom. The van der Waals surface area contributed by atoms with Crippen LogP contribution < -0.4 is 4.98 Å². The zero-order valence-electron chi connectivity index (χ0n) is 5.96. The number of aromatic hydroxyl groups is 2. The molecule has 0 aliphatic heterocycles. The second-order valence-corrected chi connectivity index (χ2v) is 2.16. The zero-order chi connectivity index (χ0) is 8.43. The van der Waals surface area contributed by atoms with Crippen LogP contribution in [0.2, 0.25) is 0 Å². The van der Waals surface area contributed by atoms with E-state index in [1.165, 1.54) is 19.3 Å². The number of H-pyrrole nitrogens is 1. The Morgan fingerprint density at radius 3 is 2.55 bits per heavy atom. The number of carbonyl (C=O) groups is 1. The van der Waals surface area contributed by atoms with E-state index in [2.05, 4.69) is 4.98 Å². The molecule has 3 N–H and O–H groups in total. The van der Waals surface area contributed by atoms with Gasteiger partial charge in [-0.15, -0.1) is 0 Å². The highest BCUT2D eigenvalue weighted by Crippen LogP contribution is 2.25. The molecule has 0 spiro atoms. The smallest absolute Gasteiger partial charge is 0.223 e. The molecule has 0 aromatic carbocycles. The summed E-state index contributed by atoms with van der Waals surface area (Å²) >= 11 is 0. The minimum Gasteiger partial charge on any atom is -0.503 e. The predicted molar refractivity (Wildman–Crippen MR) is 36.3 cm³/mol. The third-order valence-corrected chi connectivity index (χ3v) is 1.32. The van der Waals surface area contributed by atoms with Gasteiger partial charge in [0, 0.05) is 0 Å². The molecule has 0 atom stereocenters. The number of pyridine rings is 1. The van der Waals surface area contributed by atoms with Crippen LogP contribution in [0.25, 0.3) is 0 Å². The normalized spacial score (nSPS) is 9.55. The number of carbonyl (C=O) groups excluding carboxylic acids is 1. The molecule has 1 heterocycles. The van der Waals surface area contributed by atoms with Crippen LogP contribution in [0.1, 0.15) is 17.3 Å². The van der Waals surface area contributed by atoms with Gasteiger partial charge >= 0.3 is 0 Å². The van der Waals surface area contributed by atoms with E-state index in [1.54, 1.807) is 0 Å². The lowest BCUT2D eigenvalue weighted by Gasteiger charge is -1.96. The minimum atomic E-state index is -0.378. The lowest BCUT2D eigenvalue weighted by atomic mass is 10.2. The van der Waals surface area contributed by atoms with E-state index in [9.17, 15) is 4.79 Å². The zero-order valence-corrected chi connectivity index (χ0v) is 5.96. The minimum absolute atomic E-state index is 0.0880. The van der Waals surface area contributed by atoms with Crippen LogP contribution in [-0.2, 0) is 0 Å². The Kier molecular flexibility index (Phi) is 1.76. The molecule has 1 aromatic heterocycles. The molecular formula is C7H8NO3+. The summed E-state index contributed by atoms with van der Waals surface area (Å²) in [5.41, 5.74) is 0.0880. The highest BCUT2D eigenvalue weighted by molar-refractivity contribution is 5.96. The number of nitrogens with one attached hydrogen (secondary N) is 1. The van der Waals surface area contributed by atoms with Crippen molar-refractivity contribution in [2.45, 2.75) is 6.92 Å². The van der Waals surface area contributed by atoms with Crippen molar-refractivity contribution in [3.63, 3.8) is 0 Å². The van der Waals surface area contributed by atoms with E-state index in [-0.39, 0.29) is 22.8 Å². The summed E-state index contributed by atoms with van der Waals surface area (Å²) in [4.78, 5) is 13.2. The molecule has 0 aliphatic rings. The van der Waals surface area contributed by atoms with Crippen molar-refractivity contribution < 1.29 is 20.0 Å². The second-order valence-electron chi connectivity index (χ2n) is 2.16. The third-order valence-electron chi connectivity index (χ3n) is 1.32. The van der Waals surface area contributed by atoms with Crippen LogP contribution in [0.4, 0.5) is 0 Å². The lowest BCUT2D eigenvalue weighted by molar-refractivity contribution is -0.379. The third kappa shape index (κ3) is 1.29. The molecule has 4 nitrogen and oxygen atoms in total. The van der Waals surface area contributed by atoms with Crippen LogP contribution in [0.15, 0.2) is 12.4 Å². The molecule has 0 fully saturated rings. The first-order chi connectivity index (χ1) is 5.13. The molecule has 58 valence electrons. The van der Waals surface area contributed by atoms with E-state index in [4.69, 9.17) is 10.2 Å². The van der Waals surface area contributed by atoms with Crippen LogP contribution >= 0.6 is 0 Å². The number of hydrogen-bond donors (Lipinski definition) is 2. The summed E-state index contributed by atoms with van der Waals surface area (Å²) in [5, 5.41) is 18.0. The van der Waals surface area contributed by atoms with Gasteiger partial charge in [-0.1, -0.05) is 0 Å². The first-order valence-corrected chi connectivity index (χ1v) is 3.06. The van der Waals surface area contributed by atoms with Crippen LogP contribution in [0.3, 0.4) is 0 Å². The Morgan fingerprint density at radius 2 is 2.09 bits per heavy atom. The van der Waals surface area contributed by atoms with Crippen molar-refractivity contribution >= 4 is 5.78 Å². The fraction of sp³-hybridized carbons (Fsp3) is 0.143. The van der Waals surface area contributed by atoms with Crippen molar-refractivity contribution in [3.8, 4) is 11.5 Å². The Balaban J connectivity index is 3.27. The molecule has 1 rings (SSSR count). The quantitative estimate of drug-likeness (QED) is 0.564. The molecule has 11 heavy (non-hydrogen) atoms. The van der Waals surface area contributed by atoms with Crippen molar-refractivity contribution in [3.05, 3.63) is 18.0 Å². The summed E-state index contributed by atoms with van der Waals surface area (Å²) in [7, 11) is 0. The second kappa shape index (κ2) is 2.57. The highest BCUT2D eigenvalue weighted by Gasteiger charge is 2.13. The molecule has 0 saturated carbocycles. The first-order valence-electron chi connectivity index (χ1n) is 3.06. The molecule has 0 bridgehead atoms. The summed E-state index contributed by atoms with van der Waals surface area (Å²) in [6.07, 6.45) is 2.53. The molecule has 4 heteroatoms. The standard InChI is InChI=1S/C7H7NO3/c1-4(9)5-2-8-3-6(10)7(5)11/h2-3,10H,1H3,(H,8,11)/p+1. The molecule has 0 saturated heterocycles. The van der Waals surface area contributed by atoms with Gasteiger partial charge in [-0.05, 0) is 6.92 Å². The van der Waals surface area contributed by atoms with Crippen molar-refractivity contribution in [2.24, 2.45) is 0 Å². The fourth-order valence-corrected chi connectivity index (χ4v) is 0.747. The van der Waals surface area contributed by atoms with Crippen LogP contribution in [0.5, 0.6) is 11.5 Å². The van der Waals surface area contributed by atoms with Crippen molar-refractivity contribution in [1.82, 2.24) is 0 Å². The van der Waals surface area contributed by atoms with Gasteiger partial charge in [0.1, 0.15) is 5.56 Å². The van der Waals surface area contributed by atoms with Gasteiger partial charge in [0.2, 0.25) is 11.9 Å². The lowest BCUT2D eigenvalue weighted by Crippen LogP contribution is -2.05. The first kappa shape index (κ1) is 7.53. The van der Waals surface area contributed by atoms with E-state index in [1.807, 2.05) is 0 Å². The molecule has 1 aromatic rings. The van der Waals surface area contributed by atoms with Crippen molar-refractivity contribution in [2.75, 3.05) is 0 Å². The molecular weight excluding hydrogens is 146 g/mol. The number of hydrogen-bond acceptors (Lipinski definition) is 3. The molecule has 0 amide bonds. The van der Waals surface area contributed by atoms with Gasteiger partial charge in [-0.3, -0.25) is 4.79 Å². The maximum atomic E-state index is 10.7. The number of Topliss-reactive ketones (excluding diaryl/α,β-unsaturated/α-hetero) is 1. The van der Waals surface area contributed by atoms with Gasteiger partial charge in [-0.2, -0.15) is 0 Å². The summed E-state index contributed by atoms with van der Waals surface area (Å²) in [6.45, 7) is 1.31. The maximum Gasteiger partial charge on any atom is 0.223 e. The average molecular weight is 154 g/mol. The van der Waals surface area contributed by atoms with Crippen LogP contribution in [0, 0.1) is 0 Å². The fourth-order valence-electron chi connectivity index (χ4n) is 0.747. The number of ketones is 1. The average Bonchev–Trinajstić information content (AvgIpc) is 1.94. The summed E-state index contributed by atoms with van der Waals surface area (Å²) in [5.74, 6) is -0.997. The van der Waals surface area contributed by atoms with Gasteiger partial charge in [0.05, 0.1) is 0 Å². The summed E-state index contributed by atoms with van der Waals surface area (Å²) in [6, 6.07) is 0. The van der Waals surface area contributed by atoms with Gasteiger partial charge < -0.3 is 10.2 Å². The SMILES string of the molecule is CC(=O)c1c[nH+]cc(O)c1O. The topological polar surface area (TPSA) is 71.7 Å². The van der Waals surface area contributed by atoms with E-state index in [0.717, 1.165) is 0 Å².